The van der Waals surface area contributed by atoms with E-state index in [1.165, 1.54) is 6.92 Å². The van der Waals surface area contributed by atoms with Gasteiger partial charge in [-0.1, -0.05) is 24.3 Å². The third kappa shape index (κ3) is 3.01. The Bertz CT molecular complexity index is 778. The number of hydrogen-bond acceptors (Lipinski definition) is 3. The standard InChI is InChI=1S/C17H18N4O2/c1-11-15(10-18-20-11)19-17(23)9-16-14-6-4-3-5-13(14)7-8-21(16)12(2)22/h3-8,10,16H,9H2,1-2H3,(H,18,20)(H,19,23). The summed E-state index contributed by atoms with van der Waals surface area (Å²) in [6.07, 6.45) is 5.40. The molecule has 118 valence electrons. The number of rotatable bonds is 3. The number of H-pyrrole nitrogens is 1. The molecule has 3 rings (SSSR count). The number of nitrogens with one attached hydrogen (secondary N) is 2. The highest BCUT2D eigenvalue weighted by molar-refractivity contribution is 5.92. The maximum absolute atomic E-state index is 12.4. The number of nitrogens with zero attached hydrogens (tertiary/aromatic N) is 2. The summed E-state index contributed by atoms with van der Waals surface area (Å²) >= 11 is 0. The molecule has 1 aliphatic rings. The average molecular weight is 310 g/mol. The highest BCUT2D eigenvalue weighted by Gasteiger charge is 2.28. The van der Waals surface area contributed by atoms with Crippen LogP contribution in [0.5, 0.6) is 0 Å². The van der Waals surface area contributed by atoms with Crippen LogP contribution in [0.3, 0.4) is 0 Å². The topological polar surface area (TPSA) is 78.1 Å². The number of aryl methyl sites for hydroxylation is 1. The molecule has 0 radical (unpaired) electrons. The molecule has 2 heterocycles. The van der Waals surface area contributed by atoms with Crippen LogP contribution in [-0.4, -0.2) is 26.9 Å². The predicted octanol–water partition coefficient (Wildman–Crippen LogP) is 2.62. The highest BCUT2D eigenvalue weighted by atomic mass is 16.2. The van der Waals surface area contributed by atoms with E-state index in [1.54, 1.807) is 17.3 Å². The lowest BCUT2D eigenvalue weighted by atomic mass is 9.93. The Kier molecular flexibility index (Phi) is 3.97. The summed E-state index contributed by atoms with van der Waals surface area (Å²) in [6.45, 7) is 3.34. The first-order valence-corrected chi connectivity index (χ1v) is 7.42. The van der Waals surface area contributed by atoms with Gasteiger partial charge in [0.1, 0.15) is 0 Å². The SMILES string of the molecule is CC(=O)N1C=Cc2ccccc2C1CC(=O)Nc1cn[nH]c1C. The molecule has 0 spiro atoms. The molecule has 6 heteroatoms. The third-order valence-corrected chi connectivity index (χ3v) is 3.95. The fourth-order valence-corrected chi connectivity index (χ4v) is 2.77. The van der Waals surface area contributed by atoms with Gasteiger partial charge in [0, 0.05) is 13.1 Å². The van der Waals surface area contributed by atoms with Gasteiger partial charge in [0.15, 0.2) is 0 Å². The maximum Gasteiger partial charge on any atom is 0.226 e. The van der Waals surface area contributed by atoms with E-state index < -0.39 is 0 Å². The molecule has 6 nitrogen and oxygen atoms in total. The quantitative estimate of drug-likeness (QED) is 0.914. The monoisotopic (exact) mass is 310 g/mol. The molecule has 1 aromatic carbocycles. The van der Waals surface area contributed by atoms with Crippen LogP contribution >= 0.6 is 0 Å². The van der Waals surface area contributed by atoms with Crippen molar-refractivity contribution >= 4 is 23.6 Å². The normalized spacial score (nSPS) is 16.1. The zero-order chi connectivity index (χ0) is 16.4. The Morgan fingerprint density at radius 2 is 2.13 bits per heavy atom. The highest BCUT2D eigenvalue weighted by Crippen LogP contribution is 2.33. The van der Waals surface area contributed by atoms with Gasteiger partial charge in [-0.05, 0) is 24.1 Å². The fourth-order valence-electron chi connectivity index (χ4n) is 2.77. The number of amides is 2. The molecular weight excluding hydrogens is 292 g/mol. The lowest BCUT2D eigenvalue weighted by molar-refractivity contribution is -0.129. The number of anilines is 1. The minimum atomic E-state index is -0.305. The number of carbonyl (C=O) groups is 2. The minimum Gasteiger partial charge on any atom is -0.323 e. The molecule has 1 unspecified atom stereocenters. The largest absolute Gasteiger partial charge is 0.323 e. The van der Waals surface area contributed by atoms with Gasteiger partial charge < -0.3 is 10.2 Å². The lowest BCUT2D eigenvalue weighted by Gasteiger charge is -2.32. The van der Waals surface area contributed by atoms with Crippen molar-refractivity contribution in [1.29, 1.82) is 0 Å². The van der Waals surface area contributed by atoms with Crippen molar-refractivity contribution in [1.82, 2.24) is 15.1 Å². The van der Waals surface area contributed by atoms with Crippen LogP contribution in [0.2, 0.25) is 0 Å². The summed E-state index contributed by atoms with van der Waals surface area (Å²) in [6, 6.07) is 7.49. The molecule has 1 aromatic heterocycles. The van der Waals surface area contributed by atoms with E-state index in [0.717, 1.165) is 16.8 Å². The molecule has 23 heavy (non-hydrogen) atoms. The number of hydrogen-bond donors (Lipinski definition) is 2. The van der Waals surface area contributed by atoms with Gasteiger partial charge in [-0.25, -0.2) is 0 Å². The third-order valence-electron chi connectivity index (χ3n) is 3.95. The van der Waals surface area contributed by atoms with E-state index in [4.69, 9.17) is 0 Å². The zero-order valence-corrected chi connectivity index (χ0v) is 13.0. The van der Waals surface area contributed by atoms with Crippen molar-refractivity contribution in [2.45, 2.75) is 26.3 Å². The number of aromatic amines is 1. The Labute approximate surface area is 134 Å². The molecule has 0 saturated carbocycles. The van der Waals surface area contributed by atoms with E-state index in [1.807, 2.05) is 37.3 Å². The van der Waals surface area contributed by atoms with Crippen LogP contribution in [0.25, 0.3) is 6.08 Å². The summed E-state index contributed by atoms with van der Waals surface area (Å²) in [4.78, 5) is 25.9. The van der Waals surface area contributed by atoms with E-state index in [2.05, 4.69) is 15.5 Å². The molecule has 0 bridgehead atoms. The Morgan fingerprint density at radius 1 is 1.35 bits per heavy atom. The van der Waals surface area contributed by atoms with Crippen molar-refractivity contribution in [3.8, 4) is 0 Å². The fraction of sp³-hybridized carbons (Fsp3) is 0.235. The molecule has 0 saturated heterocycles. The first-order valence-electron chi connectivity index (χ1n) is 7.42. The van der Waals surface area contributed by atoms with Crippen molar-refractivity contribution < 1.29 is 9.59 Å². The zero-order valence-electron chi connectivity index (χ0n) is 13.0. The molecular formula is C17H18N4O2. The molecule has 1 atom stereocenters. The van der Waals surface area contributed by atoms with Crippen LogP contribution in [0.4, 0.5) is 5.69 Å². The van der Waals surface area contributed by atoms with Crippen molar-refractivity contribution in [2.75, 3.05) is 5.32 Å². The molecule has 0 aliphatic carbocycles. The summed E-state index contributed by atoms with van der Waals surface area (Å²) in [5, 5.41) is 9.50. The van der Waals surface area contributed by atoms with Crippen LogP contribution in [0, 0.1) is 6.92 Å². The van der Waals surface area contributed by atoms with Crippen molar-refractivity contribution in [3.05, 3.63) is 53.5 Å². The number of aromatic nitrogens is 2. The number of fused-ring (bicyclic) bond motifs is 1. The Hall–Kier alpha value is -2.89. The smallest absolute Gasteiger partial charge is 0.226 e. The molecule has 1 aliphatic heterocycles. The summed E-state index contributed by atoms with van der Waals surface area (Å²) in [7, 11) is 0. The van der Waals surface area contributed by atoms with Gasteiger partial charge in [-0.15, -0.1) is 0 Å². The second-order valence-corrected chi connectivity index (χ2v) is 5.55. The van der Waals surface area contributed by atoms with E-state index in [-0.39, 0.29) is 24.3 Å². The van der Waals surface area contributed by atoms with Crippen molar-refractivity contribution in [2.24, 2.45) is 0 Å². The average Bonchev–Trinajstić information content (AvgIpc) is 2.92. The molecule has 2 aromatic rings. The van der Waals surface area contributed by atoms with Gasteiger partial charge in [0.2, 0.25) is 11.8 Å². The van der Waals surface area contributed by atoms with Crippen LogP contribution in [0.15, 0.2) is 36.7 Å². The first kappa shape index (κ1) is 15.0. The van der Waals surface area contributed by atoms with Crippen molar-refractivity contribution in [3.63, 3.8) is 0 Å². The Balaban J connectivity index is 1.83. The van der Waals surface area contributed by atoms with E-state index in [0.29, 0.717) is 5.69 Å². The van der Waals surface area contributed by atoms with Gasteiger partial charge in [-0.2, -0.15) is 5.10 Å². The van der Waals surface area contributed by atoms with Gasteiger partial charge >= 0.3 is 0 Å². The van der Waals surface area contributed by atoms with Crippen LogP contribution < -0.4 is 5.32 Å². The number of benzene rings is 1. The van der Waals surface area contributed by atoms with Gasteiger partial charge in [-0.3, -0.25) is 14.7 Å². The second kappa shape index (κ2) is 6.08. The van der Waals surface area contributed by atoms with E-state index >= 15 is 0 Å². The van der Waals surface area contributed by atoms with E-state index in [9.17, 15) is 9.59 Å². The van der Waals surface area contributed by atoms with Crippen LogP contribution in [0.1, 0.15) is 36.2 Å². The molecule has 2 amide bonds. The maximum atomic E-state index is 12.4. The molecule has 0 fully saturated rings. The predicted molar refractivity (Wildman–Crippen MR) is 87.3 cm³/mol. The van der Waals surface area contributed by atoms with Gasteiger partial charge in [0.05, 0.1) is 30.0 Å². The Morgan fingerprint density at radius 3 is 2.83 bits per heavy atom. The second-order valence-electron chi connectivity index (χ2n) is 5.55. The minimum absolute atomic E-state index is 0.0898. The lowest BCUT2D eigenvalue weighted by Crippen LogP contribution is -2.33. The summed E-state index contributed by atoms with van der Waals surface area (Å²) in [5.41, 5.74) is 3.46. The number of carbonyl (C=O) groups excluding carboxylic acids is 2. The summed E-state index contributed by atoms with van der Waals surface area (Å²) in [5.74, 6) is -0.246. The summed E-state index contributed by atoms with van der Waals surface area (Å²) < 4.78 is 0. The van der Waals surface area contributed by atoms with Crippen LogP contribution in [-0.2, 0) is 9.59 Å². The molecule has 2 N–H and O–H groups in total. The van der Waals surface area contributed by atoms with Gasteiger partial charge in [0.25, 0.3) is 0 Å². The first-order chi connectivity index (χ1) is 11.1.